The molecule has 0 unspecified atom stereocenters. The minimum Gasteiger partial charge on any atom is -0.497 e. The molecule has 3 aromatic carbocycles. The van der Waals surface area contributed by atoms with Gasteiger partial charge in [-0.15, -0.1) is 0 Å². The fourth-order valence-corrected chi connectivity index (χ4v) is 7.49. The van der Waals surface area contributed by atoms with Gasteiger partial charge in [-0.2, -0.15) is 22.6 Å². The van der Waals surface area contributed by atoms with Gasteiger partial charge < -0.3 is 14.0 Å². The summed E-state index contributed by atoms with van der Waals surface area (Å²) in [6.45, 7) is -0.0965. The second kappa shape index (κ2) is 11.8. The number of aromatic nitrogens is 5. The zero-order valence-corrected chi connectivity index (χ0v) is 26.6. The first kappa shape index (κ1) is 31.1. The maximum Gasteiger partial charge on any atom is 0.416 e. The van der Waals surface area contributed by atoms with E-state index in [9.17, 15) is 21.6 Å². The lowest BCUT2D eigenvalue weighted by molar-refractivity contribution is -0.137. The number of anilines is 1. The molecule has 6 aromatic rings. The Hall–Kier alpha value is -4.89. The predicted octanol–water partition coefficient (Wildman–Crippen LogP) is 6.53. The quantitative estimate of drug-likeness (QED) is 0.173. The largest absolute Gasteiger partial charge is 0.497 e. The highest BCUT2D eigenvalue weighted by Crippen LogP contribution is 2.41. The van der Waals surface area contributed by atoms with E-state index in [-0.39, 0.29) is 16.6 Å². The van der Waals surface area contributed by atoms with Crippen LogP contribution in [0.4, 0.5) is 18.3 Å². The smallest absolute Gasteiger partial charge is 0.416 e. The Balaban J connectivity index is 1.46. The molecular weight excluding hydrogens is 642 g/mol. The number of rotatable bonds is 9. The molecule has 46 heavy (non-hydrogen) atoms. The van der Waals surface area contributed by atoms with Crippen molar-refractivity contribution in [1.82, 2.24) is 23.7 Å². The van der Waals surface area contributed by atoms with Gasteiger partial charge in [-0.05, 0) is 48.0 Å². The molecule has 0 radical (unpaired) electrons. The maximum absolute atomic E-state index is 14.2. The maximum atomic E-state index is 14.2. The van der Waals surface area contributed by atoms with Crippen molar-refractivity contribution in [2.24, 2.45) is 14.1 Å². The van der Waals surface area contributed by atoms with E-state index in [0.717, 1.165) is 28.0 Å². The van der Waals surface area contributed by atoms with E-state index in [1.54, 1.807) is 61.3 Å². The molecule has 0 atom stereocenters. The number of halogens is 3. The van der Waals surface area contributed by atoms with E-state index >= 15 is 0 Å². The SMILES string of the molecule is COc1ccc(CN(c2ncns2)S(=O)(=O)c2ccc3c(-c4ccc(C(F)(F)F)cc4-c4ccnn4C)cn(C)c3c2)c(OC)c1. The van der Waals surface area contributed by atoms with Crippen molar-refractivity contribution in [3.63, 3.8) is 0 Å². The Kier molecular flexibility index (Phi) is 7.98. The summed E-state index contributed by atoms with van der Waals surface area (Å²) >= 11 is 0.933. The second-order valence-electron chi connectivity index (χ2n) is 10.3. The number of hydrogen-bond acceptors (Lipinski definition) is 8. The lowest BCUT2D eigenvalue weighted by Gasteiger charge is -2.23. The number of nitrogens with zero attached hydrogens (tertiary/aromatic N) is 6. The van der Waals surface area contributed by atoms with Gasteiger partial charge in [0, 0.05) is 71.7 Å². The average Bonchev–Trinajstić information content (AvgIpc) is 3.80. The van der Waals surface area contributed by atoms with E-state index in [1.807, 2.05) is 0 Å². The van der Waals surface area contributed by atoms with Crippen LogP contribution in [0.25, 0.3) is 33.3 Å². The summed E-state index contributed by atoms with van der Waals surface area (Å²) in [5.41, 5.74) is 2.37. The Bertz CT molecular complexity index is 2160. The van der Waals surface area contributed by atoms with E-state index in [1.165, 1.54) is 43.6 Å². The number of methoxy groups -OCH3 is 2. The van der Waals surface area contributed by atoms with Gasteiger partial charge >= 0.3 is 6.18 Å². The summed E-state index contributed by atoms with van der Waals surface area (Å²) in [5, 5.41) is 4.97. The average molecular weight is 669 g/mol. The summed E-state index contributed by atoms with van der Waals surface area (Å²) in [7, 11) is 2.22. The number of ether oxygens (including phenoxy) is 2. The number of sulfonamides is 1. The van der Waals surface area contributed by atoms with Crippen LogP contribution in [-0.4, -0.2) is 46.3 Å². The molecule has 0 bridgehead atoms. The third kappa shape index (κ3) is 5.56. The molecule has 0 aliphatic heterocycles. The molecule has 0 N–H and O–H groups in total. The predicted molar refractivity (Wildman–Crippen MR) is 168 cm³/mol. The topological polar surface area (TPSA) is 104 Å². The molecule has 0 fully saturated rings. The highest BCUT2D eigenvalue weighted by atomic mass is 32.2. The Morgan fingerprint density at radius 1 is 0.935 bits per heavy atom. The van der Waals surface area contributed by atoms with Crippen LogP contribution in [0.3, 0.4) is 0 Å². The summed E-state index contributed by atoms with van der Waals surface area (Å²) in [5.74, 6) is 0.989. The van der Waals surface area contributed by atoms with E-state index in [2.05, 4.69) is 14.5 Å². The van der Waals surface area contributed by atoms with Crippen molar-refractivity contribution in [2.75, 3.05) is 18.5 Å². The molecule has 0 aliphatic rings. The van der Waals surface area contributed by atoms with Crippen LogP contribution in [0.15, 0.2) is 84.3 Å². The van der Waals surface area contributed by atoms with Crippen LogP contribution in [0.5, 0.6) is 11.5 Å². The lowest BCUT2D eigenvalue weighted by Crippen LogP contribution is -2.30. The van der Waals surface area contributed by atoms with Crippen molar-refractivity contribution in [3.05, 3.63) is 90.5 Å². The molecule has 0 aliphatic carbocycles. The fraction of sp³-hybridized carbons (Fsp3) is 0.194. The third-order valence-electron chi connectivity index (χ3n) is 7.66. The Morgan fingerprint density at radius 2 is 1.74 bits per heavy atom. The van der Waals surface area contributed by atoms with Crippen LogP contribution in [-0.2, 0) is 36.8 Å². The van der Waals surface area contributed by atoms with Gasteiger partial charge in [0.25, 0.3) is 10.0 Å². The molecule has 10 nitrogen and oxygen atoms in total. The molecular formula is C31H27F3N6O4S2. The van der Waals surface area contributed by atoms with Gasteiger partial charge in [0.05, 0.1) is 36.9 Å². The molecule has 0 saturated carbocycles. The monoisotopic (exact) mass is 668 g/mol. The first-order valence-corrected chi connectivity index (χ1v) is 15.9. The van der Waals surface area contributed by atoms with Gasteiger partial charge in [0.15, 0.2) is 0 Å². The Morgan fingerprint density at radius 3 is 2.39 bits per heavy atom. The van der Waals surface area contributed by atoms with Gasteiger partial charge in [-0.1, -0.05) is 12.1 Å². The fourth-order valence-electron chi connectivity index (χ4n) is 5.34. The minimum absolute atomic E-state index is 0.00490. The van der Waals surface area contributed by atoms with Crippen LogP contribution < -0.4 is 13.8 Å². The molecule has 3 aromatic heterocycles. The minimum atomic E-state index is -4.54. The number of aryl methyl sites for hydroxylation is 2. The zero-order valence-electron chi connectivity index (χ0n) is 25.0. The zero-order chi connectivity index (χ0) is 32.8. The molecule has 238 valence electrons. The second-order valence-corrected chi connectivity index (χ2v) is 13.0. The first-order chi connectivity index (χ1) is 21.9. The highest BCUT2D eigenvalue weighted by Gasteiger charge is 2.33. The standard InChI is InChI=1S/C31H27F3N6O4S2/c1-38-17-26(23-9-6-20(31(32,33)34)13-25(23)27-11-12-36-39(27)2)24-10-8-22(15-28(24)38)46(41,42)40(30-35-18-37-45-30)16-19-5-7-21(43-3)14-29(19)44-4/h5-15,17-18H,16H2,1-4H3. The molecule has 3 heterocycles. The lowest BCUT2D eigenvalue weighted by atomic mass is 9.95. The van der Waals surface area contributed by atoms with E-state index in [0.29, 0.717) is 50.3 Å². The highest BCUT2D eigenvalue weighted by molar-refractivity contribution is 7.93. The van der Waals surface area contributed by atoms with Crippen LogP contribution in [0.2, 0.25) is 0 Å². The third-order valence-corrected chi connectivity index (χ3v) is 10.2. The molecule has 15 heteroatoms. The number of fused-ring (bicyclic) bond motifs is 1. The summed E-state index contributed by atoms with van der Waals surface area (Å²) in [6, 6.07) is 15.0. The van der Waals surface area contributed by atoms with Crippen molar-refractivity contribution in [1.29, 1.82) is 0 Å². The molecule has 6 rings (SSSR count). The van der Waals surface area contributed by atoms with Gasteiger partial charge in [0.2, 0.25) is 5.13 Å². The molecule has 0 saturated heterocycles. The number of hydrogen-bond donors (Lipinski definition) is 0. The van der Waals surface area contributed by atoms with Crippen LogP contribution >= 0.6 is 11.5 Å². The van der Waals surface area contributed by atoms with Gasteiger partial charge in [0.1, 0.15) is 17.8 Å². The van der Waals surface area contributed by atoms with Gasteiger partial charge in [-0.3, -0.25) is 4.68 Å². The van der Waals surface area contributed by atoms with Gasteiger partial charge in [-0.25, -0.2) is 17.7 Å². The van der Waals surface area contributed by atoms with Crippen molar-refractivity contribution >= 4 is 37.6 Å². The van der Waals surface area contributed by atoms with E-state index < -0.39 is 21.8 Å². The van der Waals surface area contributed by atoms with Crippen molar-refractivity contribution in [2.45, 2.75) is 17.6 Å². The number of alkyl halides is 3. The molecule has 0 spiro atoms. The first-order valence-electron chi connectivity index (χ1n) is 13.7. The molecule has 0 amide bonds. The van der Waals surface area contributed by atoms with Crippen molar-refractivity contribution < 1.29 is 31.1 Å². The summed E-state index contributed by atoms with van der Waals surface area (Å²) in [6.07, 6.45) is 0.0337. The van der Waals surface area contributed by atoms with E-state index in [4.69, 9.17) is 9.47 Å². The normalized spacial score (nSPS) is 12.1. The Labute approximate surface area is 266 Å². The summed E-state index contributed by atoms with van der Waals surface area (Å²) < 4.78 is 88.9. The van der Waals surface area contributed by atoms with Crippen molar-refractivity contribution in [3.8, 4) is 33.9 Å². The summed E-state index contributed by atoms with van der Waals surface area (Å²) in [4.78, 5) is 4.17. The van der Waals surface area contributed by atoms with Crippen LogP contribution in [0, 0.1) is 0 Å². The number of benzene rings is 3. The van der Waals surface area contributed by atoms with Crippen LogP contribution in [0.1, 0.15) is 11.1 Å².